The molecule has 0 radical (unpaired) electrons. The highest BCUT2D eigenvalue weighted by molar-refractivity contribution is 9.10. The Balaban J connectivity index is 2.11. The number of rotatable bonds is 5. The van der Waals surface area contributed by atoms with Crippen LogP contribution in [0.3, 0.4) is 0 Å². The Hall–Kier alpha value is -1.43. The van der Waals surface area contributed by atoms with Crippen molar-refractivity contribution in [3.63, 3.8) is 0 Å². The predicted octanol–water partition coefficient (Wildman–Crippen LogP) is 4.10. The molecule has 0 spiro atoms. The van der Waals surface area contributed by atoms with Gasteiger partial charge in [-0.3, -0.25) is 0 Å². The quantitative estimate of drug-likeness (QED) is 0.866. The first kappa shape index (κ1) is 15.9. The molecule has 1 atom stereocenters. The van der Waals surface area contributed by atoms with Crippen molar-refractivity contribution in [3.05, 3.63) is 75.6 Å². The van der Waals surface area contributed by atoms with Crippen molar-refractivity contribution >= 4 is 32.0 Å². The first-order chi connectivity index (χ1) is 9.98. The molecule has 0 aliphatic heterocycles. The van der Waals surface area contributed by atoms with E-state index in [1.165, 1.54) is 5.41 Å². The van der Waals surface area contributed by atoms with E-state index in [1.54, 1.807) is 6.08 Å². The van der Waals surface area contributed by atoms with E-state index < -0.39 is 10.0 Å². The van der Waals surface area contributed by atoms with Gasteiger partial charge >= 0.3 is 0 Å². The van der Waals surface area contributed by atoms with E-state index in [0.717, 1.165) is 15.6 Å². The molecule has 0 unspecified atom stereocenters. The van der Waals surface area contributed by atoms with E-state index in [-0.39, 0.29) is 6.04 Å². The van der Waals surface area contributed by atoms with Crippen LogP contribution in [0.4, 0.5) is 0 Å². The van der Waals surface area contributed by atoms with Gasteiger partial charge in [0, 0.05) is 15.9 Å². The predicted molar refractivity (Wildman–Crippen MR) is 90.1 cm³/mol. The molecule has 0 aliphatic rings. The zero-order valence-corrected chi connectivity index (χ0v) is 13.9. The van der Waals surface area contributed by atoms with Gasteiger partial charge in [-0.1, -0.05) is 64.5 Å². The number of halogens is 1. The molecule has 0 saturated heterocycles. The minimum atomic E-state index is -3.50. The smallest absolute Gasteiger partial charge is 0.208 e. The van der Waals surface area contributed by atoms with Crippen molar-refractivity contribution in [1.29, 1.82) is 0 Å². The minimum Gasteiger partial charge on any atom is -0.208 e. The summed E-state index contributed by atoms with van der Waals surface area (Å²) in [6, 6.07) is 16.6. The summed E-state index contributed by atoms with van der Waals surface area (Å²) in [6.07, 6.45) is 1.58. The van der Waals surface area contributed by atoms with Crippen LogP contribution in [0.5, 0.6) is 0 Å². The Labute approximate surface area is 133 Å². The van der Waals surface area contributed by atoms with Gasteiger partial charge in [0.05, 0.1) is 0 Å². The second-order valence-corrected chi connectivity index (χ2v) is 7.07. The summed E-state index contributed by atoms with van der Waals surface area (Å²) < 4.78 is 27.7. The molecule has 0 heterocycles. The average Bonchev–Trinajstić information content (AvgIpc) is 2.46. The molecular formula is C16H16BrNO2S. The lowest BCUT2D eigenvalue weighted by molar-refractivity contribution is 0.576. The largest absolute Gasteiger partial charge is 0.234 e. The molecule has 2 aromatic carbocycles. The Morgan fingerprint density at radius 1 is 1.05 bits per heavy atom. The standard InChI is InChI=1S/C16H16BrNO2S/c1-13(15-9-5-6-10-16(15)17)18-21(19,20)12-11-14-7-3-2-4-8-14/h2-13,18H,1H3/b12-11+/t13-/m1/s1. The van der Waals surface area contributed by atoms with Crippen LogP contribution in [-0.4, -0.2) is 8.42 Å². The van der Waals surface area contributed by atoms with E-state index >= 15 is 0 Å². The lowest BCUT2D eigenvalue weighted by atomic mass is 10.1. The summed E-state index contributed by atoms with van der Waals surface area (Å²) in [7, 11) is -3.50. The highest BCUT2D eigenvalue weighted by Gasteiger charge is 2.14. The zero-order chi connectivity index (χ0) is 15.3. The van der Waals surface area contributed by atoms with E-state index in [4.69, 9.17) is 0 Å². The molecule has 0 aromatic heterocycles. The lowest BCUT2D eigenvalue weighted by Crippen LogP contribution is -2.25. The van der Waals surface area contributed by atoms with Gasteiger partial charge in [0.25, 0.3) is 0 Å². The van der Waals surface area contributed by atoms with Gasteiger partial charge in [-0.25, -0.2) is 13.1 Å². The Morgan fingerprint density at radius 3 is 2.33 bits per heavy atom. The Kier molecular flexibility index (Phi) is 5.33. The van der Waals surface area contributed by atoms with Crippen molar-refractivity contribution in [2.24, 2.45) is 0 Å². The molecule has 0 bridgehead atoms. The molecule has 2 rings (SSSR count). The summed E-state index contributed by atoms with van der Waals surface area (Å²) in [5, 5.41) is 1.19. The number of sulfonamides is 1. The third-order valence-corrected chi connectivity index (χ3v) is 4.85. The monoisotopic (exact) mass is 365 g/mol. The number of hydrogen-bond acceptors (Lipinski definition) is 2. The van der Waals surface area contributed by atoms with Crippen LogP contribution in [0.2, 0.25) is 0 Å². The fraction of sp³-hybridized carbons (Fsp3) is 0.125. The Bertz CT molecular complexity index is 727. The van der Waals surface area contributed by atoms with Gasteiger partial charge in [-0.2, -0.15) is 0 Å². The lowest BCUT2D eigenvalue weighted by Gasteiger charge is -2.14. The average molecular weight is 366 g/mol. The van der Waals surface area contributed by atoms with Crippen LogP contribution in [0.25, 0.3) is 6.08 Å². The maximum absolute atomic E-state index is 12.1. The summed E-state index contributed by atoms with van der Waals surface area (Å²) in [5.74, 6) is 0. The molecule has 5 heteroatoms. The van der Waals surface area contributed by atoms with Crippen LogP contribution in [-0.2, 0) is 10.0 Å². The molecule has 110 valence electrons. The van der Waals surface area contributed by atoms with Gasteiger partial charge in [0.15, 0.2) is 0 Å². The normalized spacial score (nSPS) is 13.4. The number of benzene rings is 2. The third-order valence-electron chi connectivity index (χ3n) is 2.95. The molecule has 2 aromatic rings. The van der Waals surface area contributed by atoms with E-state index in [0.29, 0.717) is 0 Å². The van der Waals surface area contributed by atoms with Gasteiger partial charge in [-0.15, -0.1) is 0 Å². The molecule has 1 N–H and O–H groups in total. The molecule has 0 amide bonds. The third kappa shape index (κ3) is 4.81. The highest BCUT2D eigenvalue weighted by Crippen LogP contribution is 2.23. The summed E-state index contributed by atoms with van der Waals surface area (Å²) in [4.78, 5) is 0. The molecular weight excluding hydrogens is 350 g/mol. The van der Waals surface area contributed by atoms with Crippen molar-refractivity contribution in [3.8, 4) is 0 Å². The van der Waals surface area contributed by atoms with Crippen LogP contribution in [0, 0.1) is 0 Å². The minimum absolute atomic E-state index is 0.314. The zero-order valence-electron chi connectivity index (χ0n) is 11.5. The fourth-order valence-electron chi connectivity index (χ4n) is 1.91. The molecule has 3 nitrogen and oxygen atoms in total. The second-order valence-electron chi connectivity index (χ2n) is 4.62. The highest BCUT2D eigenvalue weighted by atomic mass is 79.9. The number of hydrogen-bond donors (Lipinski definition) is 1. The van der Waals surface area contributed by atoms with Crippen molar-refractivity contribution < 1.29 is 8.42 Å². The topological polar surface area (TPSA) is 46.2 Å². The molecule has 0 saturated carbocycles. The fourth-order valence-corrected chi connectivity index (χ4v) is 3.57. The van der Waals surface area contributed by atoms with Crippen LogP contribution in [0.15, 0.2) is 64.5 Å². The first-order valence-electron chi connectivity index (χ1n) is 6.48. The van der Waals surface area contributed by atoms with E-state index in [2.05, 4.69) is 20.7 Å². The summed E-state index contributed by atoms with van der Waals surface area (Å²) >= 11 is 3.43. The van der Waals surface area contributed by atoms with Gasteiger partial charge in [0.1, 0.15) is 0 Å². The first-order valence-corrected chi connectivity index (χ1v) is 8.82. The van der Waals surface area contributed by atoms with E-state index in [1.807, 2.05) is 61.5 Å². The van der Waals surface area contributed by atoms with Gasteiger partial charge in [0.2, 0.25) is 10.0 Å². The maximum Gasteiger partial charge on any atom is 0.234 e. The summed E-state index contributed by atoms with van der Waals surface area (Å²) in [5.41, 5.74) is 1.74. The molecule has 21 heavy (non-hydrogen) atoms. The van der Waals surface area contributed by atoms with Crippen LogP contribution >= 0.6 is 15.9 Å². The van der Waals surface area contributed by atoms with Crippen LogP contribution in [0.1, 0.15) is 24.1 Å². The molecule has 0 fully saturated rings. The van der Waals surface area contributed by atoms with Crippen LogP contribution < -0.4 is 4.72 Å². The Morgan fingerprint density at radius 2 is 1.67 bits per heavy atom. The van der Waals surface area contributed by atoms with Gasteiger partial charge < -0.3 is 0 Å². The molecule has 0 aliphatic carbocycles. The number of nitrogens with one attached hydrogen (secondary N) is 1. The van der Waals surface area contributed by atoms with Crippen molar-refractivity contribution in [1.82, 2.24) is 4.72 Å². The second kappa shape index (κ2) is 7.02. The summed E-state index contributed by atoms with van der Waals surface area (Å²) in [6.45, 7) is 1.81. The van der Waals surface area contributed by atoms with Crippen molar-refractivity contribution in [2.75, 3.05) is 0 Å². The van der Waals surface area contributed by atoms with Crippen molar-refractivity contribution in [2.45, 2.75) is 13.0 Å². The van der Waals surface area contributed by atoms with E-state index in [9.17, 15) is 8.42 Å². The maximum atomic E-state index is 12.1. The SMILES string of the molecule is C[C@@H](NS(=O)(=O)/C=C/c1ccccc1)c1ccccc1Br. The van der Waals surface area contributed by atoms with Gasteiger partial charge in [-0.05, 0) is 30.2 Å².